The summed E-state index contributed by atoms with van der Waals surface area (Å²) in [6.07, 6.45) is 3.32. The van der Waals surface area contributed by atoms with Crippen LogP contribution in [0.5, 0.6) is 0 Å². The number of hydrogen-bond acceptors (Lipinski definition) is 4. The van der Waals surface area contributed by atoms with Gasteiger partial charge in [0.15, 0.2) is 0 Å². The van der Waals surface area contributed by atoms with Crippen LogP contribution in [0.3, 0.4) is 0 Å². The maximum Gasteiger partial charge on any atom is 0.243 e. The number of halogens is 2. The molecular formula is C19H20F2N2O3S. The van der Waals surface area contributed by atoms with Crippen molar-refractivity contribution in [2.24, 2.45) is 11.8 Å². The highest BCUT2D eigenvalue weighted by Gasteiger charge is 2.54. The summed E-state index contributed by atoms with van der Waals surface area (Å²) in [5, 5.41) is 11.4. The lowest BCUT2D eigenvalue weighted by molar-refractivity contribution is -0.135. The fraction of sp³-hybridized carbons (Fsp3) is 0.421. The van der Waals surface area contributed by atoms with Crippen LogP contribution in [0.4, 0.5) is 8.78 Å². The SMILES string of the molecule is O=S(=O)(c1cccc(F)c1)N1C[C@@H]2CCC[C@@H](C1)C2(O)c1cccnc1F. The summed E-state index contributed by atoms with van der Waals surface area (Å²) in [7, 11) is -3.90. The largest absolute Gasteiger partial charge is 0.384 e. The summed E-state index contributed by atoms with van der Waals surface area (Å²) in [6.45, 7) is 0.111. The van der Waals surface area contributed by atoms with E-state index < -0.39 is 39.2 Å². The van der Waals surface area contributed by atoms with E-state index in [1.807, 2.05) is 0 Å². The van der Waals surface area contributed by atoms with Gasteiger partial charge in [0.05, 0.1) is 4.90 Å². The Morgan fingerprint density at radius 1 is 1.11 bits per heavy atom. The van der Waals surface area contributed by atoms with E-state index in [4.69, 9.17) is 0 Å². The second-order valence-corrected chi connectivity index (χ2v) is 9.21. The van der Waals surface area contributed by atoms with Crippen molar-refractivity contribution in [2.75, 3.05) is 13.1 Å². The molecule has 1 aliphatic carbocycles. The van der Waals surface area contributed by atoms with E-state index in [9.17, 15) is 22.3 Å². The van der Waals surface area contributed by atoms with Crippen molar-refractivity contribution < 1.29 is 22.3 Å². The quantitative estimate of drug-likeness (QED) is 0.813. The zero-order valence-corrected chi connectivity index (χ0v) is 15.4. The highest BCUT2D eigenvalue weighted by atomic mass is 32.2. The molecule has 5 nitrogen and oxygen atoms in total. The number of nitrogens with zero attached hydrogens (tertiary/aromatic N) is 2. The summed E-state index contributed by atoms with van der Waals surface area (Å²) in [4.78, 5) is 3.54. The highest BCUT2D eigenvalue weighted by molar-refractivity contribution is 7.89. The molecule has 2 heterocycles. The first kappa shape index (κ1) is 18.5. The predicted molar refractivity (Wildman–Crippen MR) is 94.1 cm³/mol. The predicted octanol–water partition coefficient (Wildman–Crippen LogP) is 2.67. The van der Waals surface area contributed by atoms with Crippen molar-refractivity contribution in [1.29, 1.82) is 0 Å². The first-order chi connectivity index (χ1) is 12.8. The fourth-order valence-corrected chi connectivity index (χ4v) is 6.07. The molecule has 1 saturated heterocycles. The van der Waals surface area contributed by atoms with E-state index in [0.717, 1.165) is 12.5 Å². The number of hydrogen-bond donors (Lipinski definition) is 1. The molecule has 1 aromatic carbocycles. The van der Waals surface area contributed by atoms with Crippen LogP contribution in [-0.4, -0.2) is 35.9 Å². The Morgan fingerprint density at radius 2 is 1.81 bits per heavy atom. The van der Waals surface area contributed by atoms with Crippen LogP contribution in [0.2, 0.25) is 0 Å². The molecule has 4 rings (SSSR count). The van der Waals surface area contributed by atoms with E-state index in [1.165, 1.54) is 34.8 Å². The lowest BCUT2D eigenvalue weighted by Gasteiger charge is -2.52. The van der Waals surface area contributed by atoms with Crippen LogP contribution in [-0.2, 0) is 15.6 Å². The van der Waals surface area contributed by atoms with Gasteiger partial charge in [-0.2, -0.15) is 8.70 Å². The van der Waals surface area contributed by atoms with Gasteiger partial charge >= 0.3 is 0 Å². The third kappa shape index (κ3) is 2.96. The van der Waals surface area contributed by atoms with E-state index >= 15 is 0 Å². The normalized spacial score (nSPS) is 28.9. The van der Waals surface area contributed by atoms with E-state index in [1.54, 1.807) is 6.07 Å². The molecule has 2 aromatic rings. The Kier molecular flexibility index (Phi) is 4.52. The van der Waals surface area contributed by atoms with Crippen LogP contribution < -0.4 is 0 Å². The van der Waals surface area contributed by atoms with Gasteiger partial charge < -0.3 is 5.11 Å². The van der Waals surface area contributed by atoms with Crippen LogP contribution in [0.15, 0.2) is 47.5 Å². The molecule has 2 aliphatic rings. The van der Waals surface area contributed by atoms with E-state index in [0.29, 0.717) is 12.8 Å². The number of fused-ring (bicyclic) bond motifs is 2. The highest BCUT2D eigenvalue weighted by Crippen LogP contribution is 2.50. The first-order valence-electron chi connectivity index (χ1n) is 8.92. The molecule has 27 heavy (non-hydrogen) atoms. The molecule has 1 saturated carbocycles. The standard InChI is InChI=1S/C19H20F2N2O3S/c20-15-6-2-7-16(10-15)27(25,26)23-11-13-4-1-5-14(12-23)19(13,24)17-8-3-9-22-18(17)21/h2-3,6-10,13-14,24H,1,4-5,11-12H2/t13-,14-/m0/s1. The monoisotopic (exact) mass is 394 g/mol. The van der Waals surface area contributed by atoms with Gasteiger partial charge in [-0.1, -0.05) is 18.6 Å². The number of aromatic nitrogens is 1. The average molecular weight is 394 g/mol. The summed E-state index contributed by atoms with van der Waals surface area (Å²) in [6, 6.07) is 7.98. The smallest absolute Gasteiger partial charge is 0.243 e. The molecule has 0 radical (unpaired) electrons. The molecule has 2 fully saturated rings. The third-order valence-corrected chi connectivity index (χ3v) is 7.65. The topological polar surface area (TPSA) is 70.5 Å². The van der Waals surface area contributed by atoms with Gasteiger partial charge in [0.2, 0.25) is 16.0 Å². The molecule has 1 N–H and O–H groups in total. The zero-order valence-electron chi connectivity index (χ0n) is 14.6. The molecule has 1 aliphatic heterocycles. The van der Waals surface area contributed by atoms with Gasteiger partial charge in [0.25, 0.3) is 0 Å². The van der Waals surface area contributed by atoms with Crippen LogP contribution in [0, 0.1) is 23.6 Å². The number of rotatable bonds is 3. The number of pyridine rings is 1. The van der Waals surface area contributed by atoms with Gasteiger partial charge in [-0.3, -0.25) is 0 Å². The van der Waals surface area contributed by atoms with Crippen molar-refractivity contribution in [3.63, 3.8) is 0 Å². The lowest BCUT2D eigenvalue weighted by Crippen LogP contribution is -2.59. The van der Waals surface area contributed by atoms with Crippen molar-refractivity contribution in [3.05, 3.63) is 59.9 Å². The van der Waals surface area contributed by atoms with E-state index in [-0.39, 0.29) is 23.5 Å². The number of piperidine rings is 1. The van der Waals surface area contributed by atoms with Crippen LogP contribution in [0.25, 0.3) is 0 Å². The average Bonchev–Trinajstić information content (AvgIpc) is 2.61. The molecule has 2 bridgehead atoms. The molecule has 0 amide bonds. The number of benzene rings is 1. The maximum absolute atomic E-state index is 14.3. The van der Waals surface area contributed by atoms with Crippen molar-refractivity contribution in [1.82, 2.24) is 9.29 Å². The first-order valence-corrected chi connectivity index (χ1v) is 10.4. The molecular weight excluding hydrogens is 374 g/mol. The second kappa shape index (κ2) is 6.61. The van der Waals surface area contributed by atoms with Crippen LogP contribution in [0.1, 0.15) is 24.8 Å². The molecule has 8 heteroatoms. The summed E-state index contributed by atoms with van der Waals surface area (Å²) in [5.74, 6) is -2.25. The Bertz CT molecular complexity index is 953. The van der Waals surface area contributed by atoms with Crippen molar-refractivity contribution in [3.8, 4) is 0 Å². The Balaban J connectivity index is 1.71. The summed E-state index contributed by atoms with van der Waals surface area (Å²) in [5.41, 5.74) is -1.33. The maximum atomic E-state index is 14.3. The minimum atomic E-state index is -3.90. The van der Waals surface area contributed by atoms with Crippen molar-refractivity contribution >= 4 is 10.0 Å². The molecule has 2 atom stereocenters. The summed E-state index contributed by atoms with van der Waals surface area (Å²) < 4.78 is 55.1. The van der Waals surface area contributed by atoms with Gasteiger partial charge in [0, 0.05) is 36.7 Å². The third-order valence-electron chi connectivity index (χ3n) is 5.82. The molecule has 1 aromatic heterocycles. The van der Waals surface area contributed by atoms with Crippen LogP contribution >= 0.6 is 0 Å². The molecule has 0 unspecified atom stereocenters. The number of aliphatic hydroxyl groups is 1. The minimum absolute atomic E-state index is 0.0557. The Hall–Kier alpha value is -1.90. The van der Waals surface area contributed by atoms with Gasteiger partial charge in [-0.05, 0) is 37.1 Å². The molecule has 0 spiro atoms. The Labute approximate surface area is 156 Å². The zero-order chi connectivity index (χ0) is 19.2. The van der Waals surface area contributed by atoms with Gasteiger partial charge in [-0.25, -0.2) is 17.8 Å². The van der Waals surface area contributed by atoms with Gasteiger partial charge in [0.1, 0.15) is 11.4 Å². The minimum Gasteiger partial charge on any atom is -0.384 e. The van der Waals surface area contributed by atoms with E-state index in [2.05, 4.69) is 4.98 Å². The molecule has 144 valence electrons. The van der Waals surface area contributed by atoms with Gasteiger partial charge in [-0.15, -0.1) is 0 Å². The lowest BCUT2D eigenvalue weighted by atomic mass is 9.63. The van der Waals surface area contributed by atoms with Crippen molar-refractivity contribution in [2.45, 2.75) is 29.8 Å². The summed E-state index contributed by atoms with van der Waals surface area (Å²) >= 11 is 0. The Morgan fingerprint density at radius 3 is 2.44 bits per heavy atom. The second-order valence-electron chi connectivity index (χ2n) is 7.27. The fourth-order valence-electron chi connectivity index (χ4n) is 4.51. The number of sulfonamides is 1.